The van der Waals surface area contributed by atoms with Gasteiger partial charge in [-0.3, -0.25) is 9.69 Å². The molecule has 1 amide bonds. The van der Waals surface area contributed by atoms with Crippen molar-refractivity contribution >= 4 is 43.4 Å². The molecule has 4 aromatic rings. The van der Waals surface area contributed by atoms with Crippen LogP contribution in [-0.2, 0) is 0 Å². The number of benzene rings is 3. The van der Waals surface area contributed by atoms with Crippen molar-refractivity contribution in [3.8, 4) is 5.75 Å². The van der Waals surface area contributed by atoms with Gasteiger partial charge < -0.3 is 9.64 Å². The predicted molar refractivity (Wildman–Crippen MR) is 134 cm³/mol. The summed E-state index contributed by atoms with van der Waals surface area (Å²) in [5.41, 5.74) is 3.89. The van der Waals surface area contributed by atoms with Gasteiger partial charge in [-0.25, -0.2) is 4.98 Å². The zero-order chi connectivity index (χ0) is 22.8. The van der Waals surface area contributed by atoms with Crippen molar-refractivity contribution in [1.82, 2.24) is 9.88 Å². The van der Waals surface area contributed by atoms with Crippen molar-refractivity contribution in [2.75, 3.05) is 38.7 Å². The summed E-state index contributed by atoms with van der Waals surface area (Å²) in [5, 5.41) is 2.63. The van der Waals surface area contributed by atoms with Gasteiger partial charge in [0.25, 0.3) is 5.91 Å². The lowest BCUT2D eigenvalue weighted by Gasteiger charge is -2.24. The predicted octanol–water partition coefficient (Wildman–Crippen LogP) is 5.67. The first-order valence-electron chi connectivity index (χ1n) is 10.9. The van der Waals surface area contributed by atoms with Gasteiger partial charge in [0.1, 0.15) is 5.75 Å². The molecule has 3 aromatic carbocycles. The number of hydrogen-bond donors (Lipinski definition) is 0. The Morgan fingerprint density at radius 3 is 2.59 bits per heavy atom. The van der Waals surface area contributed by atoms with Crippen molar-refractivity contribution in [1.29, 1.82) is 0 Å². The molecule has 0 radical (unpaired) electrons. The van der Waals surface area contributed by atoms with Crippen LogP contribution in [0.4, 0.5) is 5.13 Å². The van der Waals surface area contributed by atoms with Crippen LogP contribution in [0.3, 0.4) is 0 Å². The molecule has 6 heteroatoms. The molecule has 0 bridgehead atoms. The Hall–Kier alpha value is -2.96. The summed E-state index contributed by atoms with van der Waals surface area (Å²) >= 11 is 1.57. The van der Waals surface area contributed by atoms with Gasteiger partial charge in [0.05, 0.1) is 22.4 Å². The average molecular weight is 448 g/mol. The van der Waals surface area contributed by atoms with Crippen LogP contribution in [0, 0.1) is 13.8 Å². The summed E-state index contributed by atoms with van der Waals surface area (Å²) in [6, 6.07) is 16.1. The summed E-state index contributed by atoms with van der Waals surface area (Å²) < 4.78 is 7.02. The van der Waals surface area contributed by atoms with E-state index in [1.165, 1.54) is 11.1 Å². The fourth-order valence-corrected chi connectivity index (χ4v) is 4.99. The quantitative estimate of drug-likeness (QED) is 0.366. The molecule has 0 aliphatic heterocycles. The van der Waals surface area contributed by atoms with E-state index in [4.69, 9.17) is 9.72 Å². The third kappa shape index (κ3) is 4.33. The number of nitrogens with zero attached hydrogens (tertiary/aromatic N) is 3. The third-order valence-corrected chi connectivity index (χ3v) is 6.69. The van der Waals surface area contributed by atoms with Crippen LogP contribution in [0.5, 0.6) is 5.75 Å². The molecule has 4 rings (SSSR count). The summed E-state index contributed by atoms with van der Waals surface area (Å²) in [7, 11) is 4.02. The molecule has 0 spiro atoms. The minimum Gasteiger partial charge on any atom is -0.493 e. The Bertz CT molecular complexity index is 1280. The molecule has 0 N–H and O–H groups in total. The first kappa shape index (κ1) is 22.2. The number of likely N-dealkylation sites (N-methyl/N-ethyl adjacent to an activating group) is 1. The SMILES string of the molecule is CCOc1ccc2ccccc2c1C(=O)N(CCN(C)C)c1nc2cc(C)cc(C)c2s1. The number of hydrogen-bond acceptors (Lipinski definition) is 5. The molecule has 0 unspecified atom stereocenters. The lowest BCUT2D eigenvalue weighted by atomic mass is 10.0. The number of amides is 1. The molecule has 0 fully saturated rings. The van der Waals surface area contributed by atoms with E-state index in [-0.39, 0.29) is 5.91 Å². The summed E-state index contributed by atoms with van der Waals surface area (Å²) in [4.78, 5) is 22.9. The van der Waals surface area contributed by atoms with E-state index in [1.807, 2.05) is 62.3 Å². The lowest BCUT2D eigenvalue weighted by Crippen LogP contribution is -2.37. The number of aryl methyl sites for hydroxylation is 2. The molecular formula is C26H29N3O2S. The largest absolute Gasteiger partial charge is 0.493 e. The number of carbonyl (C=O) groups is 1. The Kier molecular flexibility index (Phi) is 6.44. The molecule has 166 valence electrons. The molecule has 5 nitrogen and oxygen atoms in total. The topological polar surface area (TPSA) is 45.7 Å². The summed E-state index contributed by atoms with van der Waals surface area (Å²) in [6.45, 7) is 7.88. The molecule has 0 atom stereocenters. The second kappa shape index (κ2) is 9.27. The van der Waals surface area contributed by atoms with Crippen LogP contribution in [-0.4, -0.2) is 49.6 Å². The summed E-state index contributed by atoms with van der Waals surface area (Å²) in [6.07, 6.45) is 0. The average Bonchev–Trinajstić information content (AvgIpc) is 3.17. The maximum absolute atomic E-state index is 14.1. The van der Waals surface area contributed by atoms with Crippen molar-refractivity contribution < 1.29 is 9.53 Å². The molecule has 0 aliphatic rings. The van der Waals surface area contributed by atoms with Gasteiger partial charge in [-0.05, 0) is 68.9 Å². The highest BCUT2D eigenvalue weighted by Crippen LogP contribution is 2.35. The normalized spacial score (nSPS) is 11.4. The zero-order valence-electron chi connectivity index (χ0n) is 19.3. The first-order valence-corrected chi connectivity index (χ1v) is 11.7. The van der Waals surface area contributed by atoms with Crippen LogP contribution in [0.15, 0.2) is 48.5 Å². The second-order valence-electron chi connectivity index (χ2n) is 8.28. The van der Waals surface area contributed by atoms with Crippen LogP contribution < -0.4 is 9.64 Å². The molecule has 1 aromatic heterocycles. The number of thiazole rings is 1. The number of ether oxygens (including phenoxy) is 1. The number of fused-ring (bicyclic) bond motifs is 2. The Balaban J connectivity index is 1.87. The Morgan fingerprint density at radius 2 is 1.84 bits per heavy atom. The van der Waals surface area contributed by atoms with Crippen molar-refractivity contribution in [3.63, 3.8) is 0 Å². The van der Waals surface area contributed by atoms with E-state index >= 15 is 0 Å². The maximum Gasteiger partial charge on any atom is 0.264 e. The van der Waals surface area contributed by atoms with E-state index < -0.39 is 0 Å². The van der Waals surface area contributed by atoms with E-state index in [2.05, 4.69) is 30.9 Å². The van der Waals surface area contributed by atoms with Gasteiger partial charge >= 0.3 is 0 Å². The van der Waals surface area contributed by atoms with Gasteiger partial charge in [0, 0.05) is 13.1 Å². The zero-order valence-corrected chi connectivity index (χ0v) is 20.1. The Morgan fingerprint density at radius 1 is 1.06 bits per heavy atom. The van der Waals surface area contributed by atoms with Crippen LogP contribution >= 0.6 is 11.3 Å². The van der Waals surface area contributed by atoms with Gasteiger partial charge in [-0.15, -0.1) is 0 Å². The van der Waals surface area contributed by atoms with Crippen LogP contribution in [0.25, 0.3) is 21.0 Å². The molecule has 1 heterocycles. The van der Waals surface area contributed by atoms with E-state index in [0.717, 1.165) is 32.7 Å². The highest BCUT2D eigenvalue weighted by atomic mass is 32.1. The number of rotatable bonds is 7. The van der Waals surface area contributed by atoms with Gasteiger partial charge in [0.2, 0.25) is 0 Å². The maximum atomic E-state index is 14.1. The monoisotopic (exact) mass is 447 g/mol. The standard InChI is InChI=1S/C26H29N3O2S/c1-6-31-22-12-11-19-9-7-8-10-20(19)23(22)25(30)29(14-13-28(4)5)26-27-21-16-17(2)15-18(3)24(21)32-26/h7-12,15-16H,6,13-14H2,1-5H3. The van der Waals surface area contributed by atoms with Crippen molar-refractivity contribution in [3.05, 3.63) is 65.2 Å². The van der Waals surface area contributed by atoms with Crippen LogP contribution in [0.1, 0.15) is 28.4 Å². The minimum absolute atomic E-state index is 0.0828. The minimum atomic E-state index is -0.0828. The van der Waals surface area contributed by atoms with Gasteiger partial charge in [-0.1, -0.05) is 47.7 Å². The van der Waals surface area contributed by atoms with Crippen LogP contribution in [0.2, 0.25) is 0 Å². The lowest BCUT2D eigenvalue weighted by molar-refractivity contribution is 0.0983. The molecule has 32 heavy (non-hydrogen) atoms. The highest BCUT2D eigenvalue weighted by Gasteiger charge is 2.26. The molecule has 0 saturated heterocycles. The highest BCUT2D eigenvalue weighted by molar-refractivity contribution is 7.22. The van der Waals surface area contributed by atoms with E-state index in [9.17, 15) is 4.79 Å². The first-order chi connectivity index (χ1) is 15.4. The van der Waals surface area contributed by atoms with Gasteiger partial charge in [0.15, 0.2) is 5.13 Å². The summed E-state index contributed by atoms with van der Waals surface area (Å²) in [5.74, 6) is 0.528. The van der Waals surface area contributed by atoms with E-state index in [1.54, 1.807) is 11.3 Å². The van der Waals surface area contributed by atoms with Crippen molar-refractivity contribution in [2.45, 2.75) is 20.8 Å². The second-order valence-corrected chi connectivity index (χ2v) is 9.26. The smallest absolute Gasteiger partial charge is 0.264 e. The molecular weight excluding hydrogens is 418 g/mol. The Labute approximate surface area is 193 Å². The fourth-order valence-electron chi connectivity index (χ4n) is 3.95. The van der Waals surface area contributed by atoms with Crippen molar-refractivity contribution in [2.24, 2.45) is 0 Å². The third-order valence-electron chi connectivity index (χ3n) is 5.46. The molecule has 0 saturated carbocycles. The number of carbonyl (C=O) groups excluding carboxylic acids is 1. The van der Waals surface area contributed by atoms with E-state index in [0.29, 0.717) is 24.5 Å². The number of anilines is 1. The van der Waals surface area contributed by atoms with Gasteiger partial charge in [-0.2, -0.15) is 0 Å². The fraction of sp³-hybridized carbons (Fsp3) is 0.308. The molecule has 0 aliphatic carbocycles. The number of aromatic nitrogens is 1.